The Bertz CT molecular complexity index is 453. The zero-order valence-electron chi connectivity index (χ0n) is 12.5. The van der Waals surface area contributed by atoms with Gasteiger partial charge in [0.1, 0.15) is 5.82 Å². The predicted octanol–water partition coefficient (Wildman–Crippen LogP) is 0.670. The van der Waals surface area contributed by atoms with Gasteiger partial charge >= 0.3 is 0 Å². The minimum atomic E-state index is -0.120. The van der Waals surface area contributed by atoms with Gasteiger partial charge < -0.3 is 10.6 Å². The van der Waals surface area contributed by atoms with E-state index in [-0.39, 0.29) is 11.5 Å². The van der Waals surface area contributed by atoms with Crippen LogP contribution >= 0.6 is 0 Å². The molecule has 0 aromatic carbocycles. The Balaban J connectivity index is 2.36. The molecule has 106 valence electrons. The summed E-state index contributed by atoms with van der Waals surface area (Å²) in [5.41, 5.74) is 5.73. The van der Waals surface area contributed by atoms with E-state index in [1.807, 2.05) is 0 Å². The van der Waals surface area contributed by atoms with Crippen LogP contribution in [0.1, 0.15) is 38.5 Å². The molecule has 1 atom stereocenters. The second-order valence-corrected chi connectivity index (χ2v) is 6.38. The van der Waals surface area contributed by atoms with Crippen LogP contribution in [0.2, 0.25) is 0 Å². The fraction of sp³-hybridized carbons (Fsp3) is 0.769. The summed E-state index contributed by atoms with van der Waals surface area (Å²) >= 11 is 0. The molecule has 1 aliphatic heterocycles. The average molecular weight is 264 g/mol. The number of rotatable bonds is 1. The van der Waals surface area contributed by atoms with Gasteiger partial charge in [-0.25, -0.2) is 4.98 Å². The van der Waals surface area contributed by atoms with Crippen LogP contribution < -0.4 is 5.73 Å². The third-order valence-electron chi connectivity index (χ3n) is 3.49. The van der Waals surface area contributed by atoms with Crippen LogP contribution in [-0.4, -0.2) is 58.5 Å². The second-order valence-electron chi connectivity index (χ2n) is 6.38. The molecule has 0 spiro atoms. The molecular formula is C13H24N6. The largest absolute Gasteiger partial charge is 0.368 e. The Morgan fingerprint density at radius 1 is 1.11 bits per heavy atom. The summed E-state index contributed by atoms with van der Waals surface area (Å²) in [4.78, 5) is 17.8. The minimum absolute atomic E-state index is 0.120. The zero-order chi connectivity index (χ0) is 14.2. The van der Waals surface area contributed by atoms with Crippen molar-refractivity contribution in [1.82, 2.24) is 24.8 Å². The Kier molecular flexibility index (Phi) is 3.73. The highest BCUT2D eigenvalue weighted by atomic mass is 15.3. The summed E-state index contributed by atoms with van der Waals surface area (Å²) in [5.74, 6) is 1.86. The van der Waals surface area contributed by atoms with Crippen LogP contribution in [0.4, 0.5) is 5.95 Å². The molecule has 1 aromatic rings. The van der Waals surface area contributed by atoms with Gasteiger partial charge in [-0.1, -0.05) is 20.8 Å². The summed E-state index contributed by atoms with van der Waals surface area (Å²) < 4.78 is 0. The van der Waals surface area contributed by atoms with Gasteiger partial charge in [-0.15, -0.1) is 0 Å². The van der Waals surface area contributed by atoms with E-state index in [0.717, 1.165) is 31.3 Å². The first-order valence-electron chi connectivity index (χ1n) is 6.68. The third-order valence-corrected chi connectivity index (χ3v) is 3.49. The summed E-state index contributed by atoms with van der Waals surface area (Å²) in [6, 6.07) is 0.185. The molecule has 6 nitrogen and oxygen atoms in total. The molecule has 1 unspecified atom stereocenters. The van der Waals surface area contributed by atoms with E-state index >= 15 is 0 Å². The highest BCUT2D eigenvalue weighted by molar-refractivity contribution is 5.20. The number of likely N-dealkylation sites (N-methyl/N-ethyl adjacent to an activating group) is 2. The molecule has 2 heterocycles. The highest BCUT2D eigenvalue weighted by Gasteiger charge is 2.28. The van der Waals surface area contributed by atoms with Gasteiger partial charge in [-0.3, -0.25) is 4.90 Å². The van der Waals surface area contributed by atoms with Crippen LogP contribution in [0, 0.1) is 0 Å². The first kappa shape index (κ1) is 14.1. The minimum Gasteiger partial charge on any atom is -0.368 e. The van der Waals surface area contributed by atoms with Gasteiger partial charge in [0.15, 0.2) is 5.82 Å². The number of hydrogen-bond acceptors (Lipinski definition) is 6. The van der Waals surface area contributed by atoms with Crippen molar-refractivity contribution >= 4 is 5.95 Å². The standard InChI is InChI=1S/C13H24N6/c1-13(2,3)11-15-10(16-12(14)17-11)9-8-18(4)6-7-19(9)5/h9H,6-8H2,1-5H3,(H2,14,15,16,17). The van der Waals surface area contributed by atoms with Crippen LogP contribution in [0.5, 0.6) is 0 Å². The van der Waals surface area contributed by atoms with Crippen LogP contribution in [0.25, 0.3) is 0 Å². The summed E-state index contributed by atoms with van der Waals surface area (Å²) in [5, 5.41) is 0. The van der Waals surface area contributed by atoms with Crippen LogP contribution in [0.15, 0.2) is 0 Å². The molecule has 0 radical (unpaired) electrons. The van der Waals surface area contributed by atoms with Gasteiger partial charge in [0.05, 0.1) is 6.04 Å². The normalized spacial score (nSPS) is 22.7. The zero-order valence-corrected chi connectivity index (χ0v) is 12.5. The van der Waals surface area contributed by atoms with Crippen molar-refractivity contribution in [2.24, 2.45) is 0 Å². The van der Waals surface area contributed by atoms with E-state index in [1.54, 1.807) is 0 Å². The molecule has 2 rings (SSSR count). The van der Waals surface area contributed by atoms with Crippen molar-refractivity contribution in [3.8, 4) is 0 Å². The van der Waals surface area contributed by atoms with Crippen molar-refractivity contribution < 1.29 is 0 Å². The monoisotopic (exact) mass is 264 g/mol. The Morgan fingerprint density at radius 2 is 1.79 bits per heavy atom. The van der Waals surface area contributed by atoms with Gasteiger partial charge in [0.2, 0.25) is 5.95 Å². The van der Waals surface area contributed by atoms with Crippen LogP contribution in [0.3, 0.4) is 0 Å². The van der Waals surface area contributed by atoms with E-state index in [9.17, 15) is 0 Å². The summed E-state index contributed by atoms with van der Waals surface area (Å²) in [6.45, 7) is 9.26. The van der Waals surface area contributed by atoms with Crippen molar-refractivity contribution in [2.75, 3.05) is 39.5 Å². The maximum absolute atomic E-state index is 5.85. The van der Waals surface area contributed by atoms with Crippen molar-refractivity contribution in [3.63, 3.8) is 0 Å². The van der Waals surface area contributed by atoms with E-state index in [4.69, 9.17) is 5.73 Å². The molecule has 1 aliphatic rings. The molecule has 19 heavy (non-hydrogen) atoms. The SMILES string of the molecule is CN1CCN(C)C(c2nc(N)nc(C(C)(C)C)n2)C1. The quantitative estimate of drug-likeness (QED) is 0.804. The van der Waals surface area contributed by atoms with Gasteiger partial charge in [0.25, 0.3) is 0 Å². The number of hydrogen-bond donors (Lipinski definition) is 1. The van der Waals surface area contributed by atoms with Gasteiger partial charge in [-0.05, 0) is 14.1 Å². The fourth-order valence-electron chi connectivity index (χ4n) is 2.18. The average Bonchev–Trinajstić information content (AvgIpc) is 2.30. The molecule has 2 N–H and O–H groups in total. The van der Waals surface area contributed by atoms with E-state index in [0.29, 0.717) is 5.95 Å². The summed E-state index contributed by atoms with van der Waals surface area (Å²) in [7, 11) is 4.23. The maximum Gasteiger partial charge on any atom is 0.223 e. The molecule has 1 aromatic heterocycles. The summed E-state index contributed by atoms with van der Waals surface area (Å²) in [6.07, 6.45) is 0. The lowest BCUT2D eigenvalue weighted by atomic mass is 9.95. The molecule has 0 aliphatic carbocycles. The number of nitrogens with zero attached hydrogens (tertiary/aromatic N) is 5. The number of aromatic nitrogens is 3. The van der Waals surface area contributed by atoms with Crippen molar-refractivity contribution in [1.29, 1.82) is 0 Å². The van der Waals surface area contributed by atoms with E-state index < -0.39 is 0 Å². The highest BCUT2D eigenvalue weighted by Crippen LogP contribution is 2.24. The number of nitrogen functional groups attached to an aromatic ring is 1. The number of nitrogens with two attached hydrogens (primary N) is 1. The topological polar surface area (TPSA) is 71.2 Å². The van der Waals surface area contributed by atoms with Gasteiger partial charge in [0, 0.05) is 25.0 Å². The molecule has 0 amide bonds. The lowest BCUT2D eigenvalue weighted by molar-refractivity contribution is 0.109. The first-order chi connectivity index (χ1) is 8.77. The van der Waals surface area contributed by atoms with Crippen molar-refractivity contribution in [3.05, 3.63) is 11.6 Å². The lowest BCUT2D eigenvalue weighted by Crippen LogP contribution is -2.45. The smallest absolute Gasteiger partial charge is 0.223 e. The van der Waals surface area contributed by atoms with Crippen LogP contribution in [-0.2, 0) is 5.41 Å². The molecule has 6 heteroatoms. The lowest BCUT2D eigenvalue weighted by Gasteiger charge is -2.36. The Labute approximate surface area is 115 Å². The molecule has 1 saturated heterocycles. The molecule has 1 fully saturated rings. The number of piperazine rings is 1. The molecule has 0 saturated carbocycles. The van der Waals surface area contributed by atoms with E-state index in [2.05, 4.69) is 59.6 Å². The first-order valence-corrected chi connectivity index (χ1v) is 6.68. The van der Waals surface area contributed by atoms with Crippen molar-refractivity contribution in [2.45, 2.75) is 32.2 Å². The molecule has 0 bridgehead atoms. The second kappa shape index (κ2) is 5.02. The number of anilines is 1. The van der Waals surface area contributed by atoms with Gasteiger partial charge in [-0.2, -0.15) is 9.97 Å². The van der Waals surface area contributed by atoms with E-state index in [1.165, 1.54) is 0 Å². The Hall–Kier alpha value is -1.27. The maximum atomic E-state index is 5.85. The molecular weight excluding hydrogens is 240 g/mol. The Morgan fingerprint density at radius 3 is 2.42 bits per heavy atom. The predicted molar refractivity (Wildman–Crippen MR) is 75.8 cm³/mol. The fourth-order valence-corrected chi connectivity index (χ4v) is 2.18. The third kappa shape index (κ3) is 3.19.